The number of aromatic nitrogens is 2. The summed E-state index contributed by atoms with van der Waals surface area (Å²) in [6, 6.07) is 51.7. The summed E-state index contributed by atoms with van der Waals surface area (Å²) >= 11 is 0. The molecule has 2 aromatic heterocycles. The van der Waals surface area contributed by atoms with Crippen LogP contribution in [0.4, 0.5) is 22.7 Å². The van der Waals surface area contributed by atoms with Gasteiger partial charge in [0.1, 0.15) is 5.82 Å². The van der Waals surface area contributed by atoms with Crippen LogP contribution in [0, 0.1) is 18.8 Å². The molecule has 0 atom stereocenters. The first kappa shape index (κ1) is 48.8. The van der Waals surface area contributed by atoms with Gasteiger partial charge in [-0.1, -0.05) is 158 Å². The van der Waals surface area contributed by atoms with Crippen molar-refractivity contribution in [3.8, 4) is 28.4 Å². The molecule has 0 saturated heterocycles. The fraction of sp³-hybridized carbons (Fsp3) is 0.323. The van der Waals surface area contributed by atoms with Crippen molar-refractivity contribution in [3.63, 3.8) is 0 Å². The molecule has 0 amide bonds. The fourth-order valence-corrected chi connectivity index (χ4v) is 8.97. The van der Waals surface area contributed by atoms with Crippen molar-refractivity contribution in [3.05, 3.63) is 174 Å². The Bertz CT molecular complexity index is 3130. The van der Waals surface area contributed by atoms with Gasteiger partial charge in [-0.05, 0) is 114 Å². The van der Waals surface area contributed by atoms with E-state index >= 15 is 0 Å². The number of anilines is 4. The van der Waals surface area contributed by atoms with Gasteiger partial charge in [0.2, 0.25) is 0 Å². The molecule has 0 N–H and O–H groups in total. The number of hydrogen-bond donors (Lipinski definition) is 0. The van der Waals surface area contributed by atoms with Gasteiger partial charge in [-0.15, -0.1) is 48.1 Å². The van der Waals surface area contributed by atoms with Crippen LogP contribution in [0.3, 0.4) is 0 Å². The zero-order valence-corrected chi connectivity index (χ0v) is 45.0. The molecule has 1 aliphatic heterocycles. The first-order valence-electron chi connectivity index (χ1n) is 23.9. The first-order chi connectivity index (χ1) is 31.3. The first-order valence-corrected chi connectivity index (χ1v) is 23.9. The third-order valence-corrected chi connectivity index (χ3v) is 13.3. The van der Waals surface area contributed by atoms with Gasteiger partial charge in [0.05, 0.1) is 0 Å². The molecule has 9 rings (SSSR count). The van der Waals surface area contributed by atoms with E-state index in [9.17, 15) is 0 Å². The monoisotopic (exact) mass is 1080 g/mol. The SMILES string of the molecule is CC(C)(C)c1ccc(-c2ccc3c(c2)c2ccc(Oc4[c-]c(N5[CH-]N(c6cc(C(C)(C)C)cc(C(C)(C)C)c6)c6ccc(C(C)(C)C)cc65)ccc4)[c-]c2n3-c2cc(C(C)(C)C)ccn2)cc1.[Pt]. The van der Waals surface area contributed by atoms with E-state index in [1.807, 2.05) is 18.3 Å². The maximum atomic E-state index is 6.77. The number of fused-ring (bicyclic) bond motifs is 4. The van der Waals surface area contributed by atoms with E-state index in [1.165, 1.54) is 38.9 Å². The Hall–Kier alpha value is -5.64. The normalized spacial score (nSPS) is 13.6. The standard InChI is InChI=1S/C62H67N4O.Pt/c1-58(2,3)42-22-19-40(20-23-42)41-21-27-53-52(31-41)51-26-25-50(38-55(51)66(53)57-36-44(29-30-63-57)60(7,8)9)67-49-18-16-17-47(37-49)64-39-65(54-28-24-43(35-56(54)64)59(4,5)6)48-33-45(61(10,11)12)32-46(34-48)62(13,14)15;/h16-36,39H,1-15H3;/q-3;. The molecule has 0 bridgehead atoms. The van der Waals surface area contributed by atoms with Crippen LogP contribution in [0.2, 0.25) is 0 Å². The Labute approximate surface area is 420 Å². The van der Waals surface area contributed by atoms with Crippen LogP contribution in [0.5, 0.6) is 11.5 Å². The van der Waals surface area contributed by atoms with Crippen molar-refractivity contribution in [2.45, 2.75) is 131 Å². The molecule has 6 aromatic carbocycles. The van der Waals surface area contributed by atoms with Gasteiger partial charge in [0.15, 0.2) is 0 Å². The van der Waals surface area contributed by atoms with Crippen molar-refractivity contribution in [1.82, 2.24) is 9.55 Å². The third-order valence-electron chi connectivity index (χ3n) is 13.3. The molecule has 0 fully saturated rings. The Balaban J connectivity index is 0.00000625. The Morgan fingerprint density at radius 1 is 0.471 bits per heavy atom. The van der Waals surface area contributed by atoms with Gasteiger partial charge in [-0.25, -0.2) is 4.98 Å². The van der Waals surface area contributed by atoms with E-state index in [-0.39, 0.29) is 48.1 Å². The molecule has 0 radical (unpaired) electrons. The van der Waals surface area contributed by atoms with E-state index in [0.717, 1.165) is 50.4 Å². The average molecular weight is 1080 g/mol. The molecular weight excluding hydrogens is 1010 g/mol. The minimum atomic E-state index is -0.0495. The molecule has 354 valence electrons. The van der Waals surface area contributed by atoms with Crippen molar-refractivity contribution in [2.24, 2.45) is 0 Å². The largest absolute Gasteiger partial charge is 0.509 e. The number of nitrogens with zero attached hydrogens (tertiary/aromatic N) is 4. The van der Waals surface area contributed by atoms with Gasteiger partial charge in [0.25, 0.3) is 0 Å². The van der Waals surface area contributed by atoms with Crippen LogP contribution in [-0.2, 0) is 48.1 Å². The number of benzene rings is 6. The maximum Gasteiger partial charge on any atom is 0.135 e. The molecule has 6 heteroatoms. The molecule has 3 heterocycles. The van der Waals surface area contributed by atoms with Crippen LogP contribution >= 0.6 is 0 Å². The van der Waals surface area contributed by atoms with Crippen LogP contribution in [0.25, 0.3) is 38.8 Å². The van der Waals surface area contributed by atoms with E-state index in [4.69, 9.17) is 9.72 Å². The third kappa shape index (κ3) is 9.53. The number of pyridine rings is 1. The molecule has 1 aliphatic rings. The Kier molecular flexibility index (Phi) is 12.5. The molecule has 5 nitrogen and oxygen atoms in total. The summed E-state index contributed by atoms with van der Waals surface area (Å²) in [6.45, 7) is 36.3. The van der Waals surface area contributed by atoms with E-state index in [1.54, 1.807) is 0 Å². The molecular formula is C62H67N4OPt-3. The fourth-order valence-electron chi connectivity index (χ4n) is 8.97. The zero-order valence-electron chi connectivity index (χ0n) is 42.7. The van der Waals surface area contributed by atoms with Gasteiger partial charge < -0.3 is 19.1 Å². The summed E-state index contributed by atoms with van der Waals surface area (Å²) in [6.07, 6.45) is 1.92. The van der Waals surface area contributed by atoms with Gasteiger partial charge in [-0.2, -0.15) is 12.1 Å². The average Bonchev–Trinajstić information content (AvgIpc) is 3.80. The topological polar surface area (TPSA) is 33.5 Å². The summed E-state index contributed by atoms with van der Waals surface area (Å²) in [5.41, 5.74) is 15.0. The summed E-state index contributed by atoms with van der Waals surface area (Å²) in [5, 5.41) is 2.22. The van der Waals surface area contributed by atoms with Crippen LogP contribution < -0.4 is 14.5 Å². The van der Waals surface area contributed by atoms with Crippen LogP contribution in [0.1, 0.15) is 132 Å². The predicted octanol–water partition coefficient (Wildman–Crippen LogP) is 17.1. The second kappa shape index (κ2) is 17.4. The number of hydrogen-bond acceptors (Lipinski definition) is 4. The van der Waals surface area contributed by atoms with Crippen molar-refractivity contribution in [2.75, 3.05) is 9.80 Å². The summed E-state index contributed by atoms with van der Waals surface area (Å²) < 4.78 is 9.00. The molecule has 0 spiro atoms. The van der Waals surface area contributed by atoms with Crippen molar-refractivity contribution in [1.29, 1.82) is 0 Å². The molecule has 0 unspecified atom stereocenters. The van der Waals surface area contributed by atoms with Crippen LogP contribution in [0.15, 0.2) is 128 Å². The Morgan fingerprint density at radius 2 is 1.06 bits per heavy atom. The van der Waals surface area contributed by atoms with E-state index in [2.05, 4.69) is 246 Å². The summed E-state index contributed by atoms with van der Waals surface area (Å²) in [4.78, 5) is 9.55. The van der Waals surface area contributed by atoms with E-state index < -0.39 is 0 Å². The minimum absolute atomic E-state index is 0. The van der Waals surface area contributed by atoms with Crippen molar-refractivity contribution >= 4 is 44.6 Å². The van der Waals surface area contributed by atoms with Gasteiger partial charge in [0, 0.05) is 61.3 Å². The van der Waals surface area contributed by atoms with Gasteiger partial charge in [-0.3, -0.25) is 0 Å². The molecule has 8 aromatic rings. The quantitative estimate of drug-likeness (QED) is 0.155. The maximum absolute atomic E-state index is 6.77. The zero-order chi connectivity index (χ0) is 48.0. The van der Waals surface area contributed by atoms with Crippen LogP contribution in [-0.4, -0.2) is 9.55 Å². The molecule has 0 saturated carbocycles. The summed E-state index contributed by atoms with van der Waals surface area (Å²) in [7, 11) is 0. The smallest absolute Gasteiger partial charge is 0.135 e. The van der Waals surface area contributed by atoms with Gasteiger partial charge >= 0.3 is 0 Å². The van der Waals surface area contributed by atoms with E-state index in [0.29, 0.717) is 11.5 Å². The molecule has 68 heavy (non-hydrogen) atoms. The number of ether oxygens (including phenoxy) is 1. The van der Waals surface area contributed by atoms with Crippen molar-refractivity contribution < 1.29 is 25.8 Å². The minimum Gasteiger partial charge on any atom is -0.509 e. The Morgan fingerprint density at radius 3 is 1.69 bits per heavy atom. The summed E-state index contributed by atoms with van der Waals surface area (Å²) in [5.74, 6) is 2.06. The second-order valence-electron chi connectivity index (χ2n) is 23.7. The second-order valence-corrected chi connectivity index (χ2v) is 23.7. The number of rotatable bonds is 6. The molecule has 0 aliphatic carbocycles. The predicted molar refractivity (Wildman–Crippen MR) is 283 cm³/mol.